The van der Waals surface area contributed by atoms with Crippen LogP contribution in [0.25, 0.3) is 0 Å². The highest BCUT2D eigenvalue weighted by Crippen LogP contribution is 2.19. The van der Waals surface area contributed by atoms with E-state index in [4.69, 9.17) is 0 Å². The highest BCUT2D eigenvalue weighted by Gasteiger charge is 2.28. The van der Waals surface area contributed by atoms with Crippen LogP contribution in [-0.2, 0) is 9.84 Å². The van der Waals surface area contributed by atoms with Crippen molar-refractivity contribution in [3.63, 3.8) is 0 Å². The molecule has 0 radical (unpaired) electrons. The van der Waals surface area contributed by atoms with Crippen molar-refractivity contribution in [1.82, 2.24) is 10.2 Å². The average Bonchev–Trinajstić information content (AvgIpc) is 2.58. The summed E-state index contributed by atoms with van der Waals surface area (Å²) in [6, 6.07) is 2.57. The van der Waals surface area contributed by atoms with E-state index in [1.165, 1.54) is 17.0 Å². The first-order chi connectivity index (χ1) is 10.7. The van der Waals surface area contributed by atoms with Gasteiger partial charge >= 0.3 is 6.03 Å². The van der Waals surface area contributed by atoms with Crippen molar-refractivity contribution in [2.75, 3.05) is 24.6 Å². The number of carbonyl (C=O) groups is 1. The zero-order valence-electron chi connectivity index (χ0n) is 13.1. The molecule has 2 atom stereocenters. The first kappa shape index (κ1) is 17.7. The standard InChI is InChI=1S/C15H20F2N2O3S/c1-10-8-19(6-7-23(21,22)9-10)15(20)18-11(2)12-4-3-5-13(16)14(12)17/h3-5,10-11H,6-9H2,1-2H3,(H,18,20)/t10-,11-/m0/s1. The van der Waals surface area contributed by atoms with Crippen LogP contribution in [0.1, 0.15) is 25.5 Å². The normalized spacial score (nSPS) is 22.3. The van der Waals surface area contributed by atoms with Crippen molar-refractivity contribution in [2.24, 2.45) is 5.92 Å². The number of urea groups is 1. The molecule has 1 aliphatic rings. The third-order valence-corrected chi connectivity index (χ3v) is 5.70. The number of carbonyl (C=O) groups excluding carboxylic acids is 1. The van der Waals surface area contributed by atoms with E-state index in [0.29, 0.717) is 6.54 Å². The largest absolute Gasteiger partial charge is 0.331 e. The van der Waals surface area contributed by atoms with Crippen LogP contribution in [0.5, 0.6) is 0 Å². The minimum Gasteiger partial charge on any atom is -0.331 e. The van der Waals surface area contributed by atoms with Gasteiger partial charge in [0.15, 0.2) is 21.5 Å². The van der Waals surface area contributed by atoms with Crippen LogP contribution in [0.3, 0.4) is 0 Å². The summed E-state index contributed by atoms with van der Waals surface area (Å²) in [4.78, 5) is 13.7. The fourth-order valence-corrected chi connectivity index (χ4v) is 4.32. The molecule has 0 unspecified atom stereocenters. The fraction of sp³-hybridized carbons (Fsp3) is 0.533. The molecule has 0 bridgehead atoms. The van der Waals surface area contributed by atoms with E-state index in [-0.39, 0.29) is 29.5 Å². The van der Waals surface area contributed by atoms with Gasteiger partial charge in [-0.1, -0.05) is 19.1 Å². The minimum absolute atomic E-state index is 0.0465. The summed E-state index contributed by atoms with van der Waals surface area (Å²) in [5.41, 5.74) is 0.0499. The van der Waals surface area contributed by atoms with Crippen LogP contribution in [0, 0.1) is 17.6 Å². The van der Waals surface area contributed by atoms with Gasteiger partial charge in [0, 0.05) is 18.7 Å². The van der Waals surface area contributed by atoms with Crippen molar-refractivity contribution >= 4 is 15.9 Å². The van der Waals surface area contributed by atoms with Crippen LogP contribution in [-0.4, -0.2) is 43.9 Å². The number of benzene rings is 1. The quantitative estimate of drug-likeness (QED) is 0.892. The van der Waals surface area contributed by atoms with Gasteiger partial charge in [-0.3, -0.25) is 0 Å². The van der Waals surface area contributed by atoms with E-state index in [9.17, 15) is 22.0 Å². The molecule has 23 heavy (non-hydrogen) atoms. The zero-order valence-corrected chi connectivity index (χ0v) is 13.9. The molecule has 1 aromatic rings. The number of amides is 2. The Morgan fingerprint density at radius 2 is 2.09 bits per heavy atom. The van der Waals surface area contributed by atoms with Gasteiger partial charge in [0.1, 0.15) is 0 Å². The number of hydrogen-bond acceptors (Lipinski definition) is 3. The number of nitrogens with zero attached hydrogens (tertiary/aromatic N) is 1. The second-order valence-corrected chi connectivity index (χ2v) is 8.21. The molecule has 1 aromatic carbocycles. The predicted octanol–water partition coefficient (Wildman–Crippen LogP) is 2.10. The van der Waals surface area contributed by atoms with Gasteiger partial charge in [-0.05, 0) is 18.9 Å². The fourth-order valence-electron chi connectivity index (χ4n) is 2.68. The molecule has 2 amide bonds. The molecule has 128 valence electrons. The zero-order chi connectivity index (χ0) is 17.2. The Balaban J connectivity index is 2.07. The molecule has 0 saturated carbocycles. The third-order valence-electron chi connectivity index (χ3n) is 3.82. The first-order valence-electron chi connectivity index (χ1n) is 7.39. The summed E-state index contributed by atoms with van der Waals surface area (Å²) in [5.74, 6) is -2.18. The molecule has 1 saturated heterocycles. The number of hydrogen-bond donors (Lipinski definition) is 1. The molecule has 1 fully saturated rings. The van der Waals surface area contributed by atoms with Crippen molar-refractivity contribution in [1.29, 1.82) is 0 Å². The number of sulfone groups is 1. The van der Waals surface area contributed by atoms with Crippen molar-refractivity contribution in [3.05, 3.63) is 35.4 Å². The second kappa shape index (κ2) is 6.82. The molecule has 1 aliphatic heterocycles. The number of halogens is 2. The Morgan fingerprint density at radius 3 is 2.78 bits per heavy atom. The van der Waals surface area contributed by atoms with Gasteiger partial charge < -0.3 is 10.2 Å². The van der Waals surface area contributed by atoms with Gasteiger partial charge in [0.25, 0.3) is 0 Å². The average molecular weight is 346 g/mol. The minimum atomic E-state index is -3.16. The molecule has 0 aliphatic carbocycles. The Bertz CT molecular complexity index is 694. The van der Waals surface area contributed by atoms with Crippen LogP contribution in [0.4, 0.5) is 13.6 Å². The molecule has 1 heterocycles. The van der Waals surface area contributed by atoms with Gasteiger partial charge in [-0.15, -0.1) is 0 Å². The lowest BCUT2D eigenvalue weighted by Crippen LogP contribution is -2.43. The molecule has 1 N–H and O–H groups in total. The SMILES string of the molecule is C[C@H]1CN(C(=O)N[C@@H](C)c2cccc(F)c2F)CCS(=O)(=O)C1. The van der Waals surface area contributed by atoms with E-state index in [0.717, 1.165) is 6.07 Å². The van der Waals surface area contributed by atoms with Crippen LogP contribution in [0.2, 0.25) is 0 Å². The van der Waals surface area contributed by atoms with Gasteiger partial charge in [0.05, 0.1) is 17.5 Å². The maximum Gasteiger partial charge on any atom is 0.317 e. The Labute approximate surface area is 134 Å². The molecular weight excluding hydrogens is 326 g/mol. The lowest BCUT2D eigenvalue weighted by atomic mass is 10.1. The number of nitrogens with one attached hydrogen (secondary N) is 1. The number of rotatable bonds is 2. The molecule has 2 rings (SSSR count). The van der Waals surface area contributed by atoms with E-state index >= 15 is 0 Å². The van der Waals surface area contributed by atoms with Crippen LogP contribution in [0.15, 0.2) is 18.2 Å². The maximum absolute atomic E-state index is 13.8. The van der Waals surface area contributed by atoms with Crippen molar-refractivity contribution in [3.8, 4) is 0 Å². The monoisotopic (exact) mass is 346 g/mol. The summed E-state index contributed by atoms with van der Waals surface area (Å²) < 4.78 is 50.5. The summed E-state index contributed by atoms with van der Waals surface area (Å²) >= 11 is 0. The highest BCUT2D eigenvalue weighted by molar-refractivity contribution is 7.91. The smallest absolute Gasteiger partial charge is 0.317 e. The summed E-state index contributed by atoms with van der Waals surface area (Å²) in [6.45, 7) is 3.72. The Kier molecular flexibility index (Phi) is 5.23. The van der Waals surface area contributed by atoms with E-state index in [1.807, 2.05) is 0 Å². The van der Waals surface area contributed by atoms with Gasteiger partial charge in [-0.25, -0.2) is 22.0 Å². The third kappa shape index (κ3) is 4.40. The van der Waals surface area contributed by atoms with E-state index in [2.05, 4.69) is 5.32 Å². The molecule has 8 heteroatoms. The van der Waals surface area contributed by atoms with E-state index in [1.54, 1.807) is 13.8 Å². The summed E-state index contributed by atoms with van der Waals surface area (Å²) in [6.07, 6.45) is 0. The molecular formula is C15H20F2N2O3S. The first-order valence-corrected chi connectivity index (χ1v) is 9.21. The molecule has 5 nitrogen and oxygen atoms in total. The lowest BCUT2D eigenvalue weighted by molar-refractivity contribution is 0.192. The topological polar surface area (TPSA) is 66.5 Å². The van der Waals surface area contributed by atoms with Crippen LogP contribution >= 0.6 is 0 Å². The molecule has 0 aromatic heterocycles. The maximum atomic E-state index is 13.8. The van der Waals surface area contributed by atoms with Crippen LogP contribution < -0.4 is 5.32 Å². The van der Waals surface area contributed by atoms with E-state index < -0.39 is 33.5 Å². The Morgan fingerprint density at radius 1 is 1.39 bits per heavy atom. The second-order valence-electron chi connectivity index (χ2n) is 5.98. The Hall–Kier alpha value is -1.70. The van der Waals surface area contributed by atoms with Gasteiger partial charge in [0.2, 0.25) is 0 Å². The van der Waals surface area contributed by atoms with Crippen molar-refractivity contribution < 1.29 is 22.0 Å². The predicted molar refractivity (Wildman–Crippen MR) is 82.7 cm³/mol. The summed E-state index contributed by atoms with van der Waals surface area (Å²) in [5, 5.41) is 2.60. The molecule has 0 spiro atoms. The highest BCUT2D eigenvalue weighted by atomic mass is 32.2. The van der Waals surface area contributed by atoms with Gasteiger partial charge in [-0.2, -0.15) is 0 Å². The lowest BCUT2D eigenvalue weighted by Gasteiger charge is -2.25. The van der Waals surface area contributed by atoms with Crippen molar-refractivity contribution in [2.45, 2.75) is 19.9 Å². The summed E-state index contributed by atoms with van der Waals surface area (Å²) in [7, 11) is -3.16.